The molecule has 0 aliphatic heterocycles. The van der Waals surface area contributed by atoms with Crippen LogP contribution < -0.4 is 5.32 Å². The lowest BCUT2D eigenvalue weighted by atomic mass is 10.3. The van der Waals surface area contributed by atoms with Gasteiger partial charge in [-0.3, -0.25) is 0 Å². The minimum absolute atomic E-state index is 0.898. The fourth-order valence-corrected chi connectivity index (χ4v) is 2.38. The van der Waals surface area contributed by atoms with E-state index >= 15 is 0 Å². The molecule has 1 N–H and O–H groups in total. The van der Waals surface area contributed by atoms with Crippen LogP contribution in [0.4, 0.5) is 5.82 Å². The number of furan rings is 1. The summed E-state index contributed by atoms with van der Waals surface area (Å²) in [5.74, 6) is 2.83. The van der Waals surface area contributed by atoms with Crippen molar-refractivity contribution in [3.8, 4) is 0 Å². The molecule has 0 bridgehead atoms. The van der Waals surface area contributed by atoms with Crippen molar-refractivity contribution in [1.29, 1.82) is 0 Å². The van der Waals surface area contributed by atoms with Crippen LogP contribution in [-0.2, 0) is 5.75 Å². The van der Waals surface area contributed by atoms with Gasteiger partial charge in [0.05, 0.1) is 6.26 Å². The third kappa shape index (κ3) is 3.27. The van der Waals surface area contributed by atoms with E-state index in [2.05, 4.69) is 23.3 Å². The second kappa shape index (κ2) is 5.77. The minimum Gasteiger partial charge on any atom is -0.468 e. The fourth-order valence-electron chi connectivity index (χ4n) is 1.48. The van der Waals surface area contributed by atoms with Crippen LogP contribution in [0.15, 0.2) is 40.0 Å². The lowest BCUT2D eigenvalue weighted by Gasteiger charge is -2.04. The van der Waals surface area contributed by atoms with E-state index < -0.39 is 0 Å². The van der Waals surface area contributed by atoms with Crippen molar-refractivity contribution in [2.75, 3.05) is 11.9 Å². The van der Waals surface area contributed by atoms with E-state index in [-0.39, 0.29) is 0 Å². The van der Waals surface area contributed by atoms with Gasteiger partial charge < -0.3 is 9.73 Å². The van der Waals surface area contributed by atoms with Crippen molar-refractivity contribution in [3.05, 3.63) is 42.0 Å². The average Bonchev–Trinajstić information content (AvgIpc) is 2.75. The number of hydrogen-bond donors (Lipinski definition) is 1. The van der Waals surface area contributed by atoms with Crippen LogP contribution in [0.25, 0.3) is 0 Å². The van der Waals surface area contributed by atoms with Crippen LogP contribution in [-0.4, -0.2) is 11.5 Å². The van der Waals surface area contributed by atoms with Gasteiger partial charge in [0.1, 0.15) is 11.6 Å². The van der Waals surface area contributed by atoms with Crippen molar-refractivity contribution in [3.63, 3.8) is 0 Å². The van der Waals surface area contributed by atoms with E-state index in [4.69, 9.17) is 4.42 Å². The highest BCUT2D eigenvalue weighted by Gasteiger charge is 2.02. The van der Waals surface area contributed by atoms with E-state index in [0.29, 0.717) is 0 Å². The maximum Gasteiger partial charge on any atom is 0.125 e. The molecule has 2 aromatic heterocycles. The van der Waals surface area contributed by atoms with E-state index in [0.717, 1.165) is 23.9 Å². The van der Waals surface area contributed by atoms with Gasteiger partial charge in [-0.25, -0.2) is 4.98 Å². The summed E-state index contributed by atoms with van der Waals surface area (Å²) in [4.78, 5) is 5.54. The zero-order valence-electron chi connectivity index (χ0n) is 10.1. The molecule has 0 fully saturated rings. The molecular weight excluding hydrogens is 232 g/mol. The van der Waals surface area contributed by atoms with Gasteiger partial charge in [-0.05, 0) is 31.5 Å². The number of anilines is 1. The Kier molecular flexibility index (Phi) is 4.09. The highest BCUT2D eigenvalue weighted by molar-refractivity contribution is 7.98. The molecule has 2 rings (SSSR count). The third-order valence-corrected chi connectivity index (χ3v) is 3.60. The second-order valence-electron chi connectivity index (χ2n) is 3.71. The molecule has 0 aliphatic rings. The van der Waals surface area contributed by atoms with Crippen molar-refractivity contribution >= 4 is 17.6 Å². The maximum absolute atomic E-state index is 5.26. The van der Waals surface area contributed by atoms with Crippen molar-refractivity contribution in [2.45, 2.75) is 24.5 Å². The molecule has 4 heteroatoms. The zero-order valence-corrected chi connectivity index (χ0v) is 10.9. The minimum atomic E-state index is 0.898. The van der Waals surface area contributed by atoms with Crippen LogP contribution in [0, 0.1) is 6.92 Å². The quantitative estimate of drug-likeness (QED) is 0.819. The van der Waals surface area contributed by atoms with E-state index in [1.54, 1.807) is 18.0 Å². The van der Waals surface area contributed by atoms with Gasteiger partial charge >= 0.3 is 0 Å². The Morgan fingerprint density at radius 2 is 2.24 bits per heavy atom. The predicted octanol–water partition coefficient (Wildman–Crippen LogP) is 3.71. The second-order valence-corrected chi connectivity index (χ2v) is 4.73. The molecular formula is C13H16N2OS. The first-order chi connectivity index (χ1) is 8.29. The van der Waals surface area contributed by atoms with Gasteiger partial charge in [0, 0.05) is 23.4 Å². The van der Waals surface area contributed by atoms with Crippen LogP contribution in [0.5, 0.6) is 0 Å². The Balaban J connectivity index is 1.93. The number of hydrogen-bond acceptors (Lipinski definition) is 4. The zero-order chi connectivity index (χ0) is 12.1. The summed E-state index contributed by atoms with van der Waals surface area (Å²) in [6.45, 7) is 4.94. The molecule has 0 atom stereocenters. The molecule has 17 heavy (non-hydrogen) atoms. The third-order valence-electron chi connectivity index (χ3n) is 2.39. The van der Waals surface area contributed by atoms with Crippen LogP contribution >= 0.6 is 11.8 Å². The van der Waals surface area contributed by atoms with E-state index in [9.17, 15) is 0 Å². The molecule has 90 valence electrons. The molecule has 0 saturated heterocycles. The average molecular weight is 248 g/mol. The number of aromatic nitrogens is 1. The summed E-state index contributed by atoms with van der Waals surface area (Å²) < 4.78 is 5.26. The summed E-state index contributed by atoms with van der Waals surface area (Å²) in [7, 11) is 0. The molecule has 0 aliphatic carbocycles. The summed E-state index contributed by atoms with van der Waals surface area (Å²) >= 11 is 1.77. The van der Waals surface area contributed by atoms with Crippen molar-refractivity contribution < 1.29 is 4.42 Å². The summed E-state index contributed by atoms with van der Waals surface area (Å²) in [5, 5.41) is 3.18. The molecule has 2 aromatic rings. The van der Waals surface area contributed by atoms with E-state index in [1.165, 1.54) is 10.5 Å². The van der Waals surface area contributed by atoms with Crippen LogP contribution in [0.2, 0.25) is 0 Å². The monoisotopic (exact) mass is 248 g/mol. The molecule has 0 amide bonds. The molecule has 0 saturated carbocycles. The molecule has 0 spiro atoms. The predicted molar refractivity (Wildman–Crippen MR) is 71.4 cm³/mol. The largest absolute Gasteiger partial charge is 0.468 e. The molecule has 0 radical (unpaired) electrons. The summed E-state index contributed by atoms with van der Waals surface area (Å²) in [5.41, 5.74) is 1.22. The van der Waals surface area contributed by atoms with Gasteiger partial charge in [-0.2, -0.15) is 0 Å². The molecule has 0 aromatic carbocycles. The molecule has 3 nitrogen and oxygen atoms in total. The van der Waals surface area contributed by atoms with Gasteiger partial charge in [-0.15, -0.1) is 11.8 Å². The first kappa shape index (κ1) is 12.0. The number of nitrogens with zero attached hydrogens (tertiary/aromatic N) is 1. The molecule has 2 heterocycles. The Labute approximate surface area is 106 Å². The topological polar surface area (TPSA) is 38.1 Å². The highest BCUT2D eigenvalue weighted by atomic mass is 32.2. The molecule has 0 unspecified atom stereocenters. The van der Waals surface area contributed by atoms with E-state index in [1.807, 2.05) is 25.3 Å². The number of nitrogens with one attached hydrogen (secondary N) is 1. The van der Waals surface area contributed by atoms with Crippen LogP contribution in [0.1, 0.15) is 18.2 Å². The standard InChI is InChI=1S/C13H16N2OS/c1-3-14-13-5-4-11(8-15-13)9-17-12-6-7-16-10(12)2/h4-8H,3,9H2,1-2H3,(H,14,15). The fraction of sp³-hybridized carbons (Fsp3) is 0.308. The SMILES string of the molecule is CCNc1ccc(CSc2ccoc2C)cn1. The van der Waals surface area contributed by atoms with Gasteiger partial charge in [-0.1, -0.05) is 6.07 Å². The summed E-state index contributed by atoms with van der Waals surface area (Å²) in [6.07, 6.45) is 3.64. The Bertz CT molecular complexity index is 465. The highest BCUT2D eigenvalue weighted by Crippen LogP contribution is 2.26. The lowest BCUT2D eigenvalue weighted by molar-refractivity contribution is 0.527. The Hall–Kier alpha value is -1.42. The van der Waals surface area contributed by atoms with Gasteiger partial charge in [0.2, 0.25) is 0 Å². The number of thioether (sulfide) groups is 1. The Morgan fingerprint density at radius 3 is 2.82 bits per heavy atom. The lowest BCUT2D eigenvalue weighted by Crippen LogP contribution is -1.98. The first-order valence-electron chi connectivity index (χ1n) is 5.65. The first-order valence-corrected chi connectivity index (χ1v) is 6.64. The van der Waals surface area contributed by atoms with Crippen molar-refractivity contribution in [2.24, 2.45) is 0 Å². The number of aryl methyl sites for hydroxylation is 1. The number of pyridine rings is 1. The number of rotatable bonds is 5. The summed E-state index contributed by atoms with van der Waals surface area (Å²) in [6, 6.07) is 6.12. The van der Waals surface area contributed by atoms with Gasteiger partial charge in [0.25, 0.3) is 0 Å². The van der Waals surface area contributed by atoms with Crippen LogP contribution in [0.3, 0.4) is 0 Å². The van der Waals surface area contributed by atoms with Crippen molar-refractivity contribution in [1.82, 2.24) is 4.98 Å². The maximum atomic E-state index is 5.26. The normalized spacial score (nSPS) is 10.5. The Morgan fingerprint density at radius 1 is 1.35 bits per heavy atom. The smallest absolute Gasteiger partial charge is 0.125 e. The van der Waals surface area contributed by atoms with Gasteiger partial charge in [0.15, 0.2) is 0 Å².